The first-order valence-corrected chi connectivity index (χ1v) is 6.90. The predicted octanol–water partition coefficient (Wildman–Crippen LogP) is 3.55. The van der Waals surface area contributed by atoms with Gasteiger partial charge in [0.05, 0.1) is 5.69 Å². The molecule has 22 heavy (non-hydrogen) atoms. The number of nitrogens with two attached hydrogens (primary N) is 1. The van der Waals surface area contributed by atoms with E-state index in [-0.39, 0.29) is 23.3 Å². The SMILES string of the molecule is CC(=O)Nc1nc(OC(C)c2ccc(Cl)cc2)c(F)cc1N. The molecular formula is C15H15ClFN3O2. The molecule has 0 aliphatic heterocycles. The summed E-state index contributed by atoms with van der Waals surface area (Å²) in [4.78, 5) is 15.0. The van der Waals surface area contributed by atoms with E-state index in [2.05, 4.69) is 10.3 Å². The van der Waals surface area contributed by atoms with Gasteiger partial charge in [0.15, 0.2) is 11.6 Å². The molecule has 3 N–H and O–H groups in total. The zero-order chi connectivity index (χ0) is 16.3. The van der Waals surface area contributed by atoms with E-state index >= 15 is 0 Å². The number of rotatable bonds is 4. The lowest BCUT2D eigenvalue weighted by Gasteiger charge is -2.16. The van der Waals surface area contributed by atoms with E-state index < -0.39 is 11.9 Å². The van der Waals surface area contributed by atoms with Crippen molar-refractivity contribution in [2.24, 2.45) is 0 Å². The lowest BCUT2D eigenvalue weighted by Crippen LogP contribution is -2.12. The van der Waals surface area contributed by atoms with Crippen LogP contribution in [0.25, 0.3) is 0 Å². The molecule has 0 saturated heterocycles. The van der Waals surface area contributed by atoms with Crippen molar-refractivity contribution in [3.8, 4) is 5.88 Å². The molecule has 1 aromatic carbocycles. The molecule has 0 saturated carbocycles. The minimum Gasteiger partial charge on any atom is -0.468 e. The monoisotopic (exact) mass is 323 g/mol. The summed E-state index contributed by atoms with van der Waals surface area (Å²) in [6.07, 6.45) is -0.451. The van der Waals surface area contributed by atoms with Crippen LogP contribution in [0.15, 0.2) is 30.3 Å². The van der Waals surface area contributed by atoms with Gasteiger partial charge in [0.25, 0.3) is 5.88 Å². The fourth-order valence-electron chi connectivity index (χ4n) is 1.80. The Morgan fingerprint density at radius 2 is 2.05 bits per heavy atom. The number of pyridine rings is 1. The van der Waals surface area contributed by atoms with Crippen LogP contribution in [0.3, 0.4) is 0 Å². The number of hydrogen-bond donors (Lipinski definition) is 2. The molecule has 1 atom stereocenters. The van der Waals surface area contributed by atoms with Gasteiger partial charge < -0.3 is 15.8 Å². The normalized spacial score (nSPS) is 11.8. The van der Waals surface area contributed by atoms with Crippen molar-refractivity contribution in [1.82, 2.24) is 4.98 Å². The second-order valence-corrected chi connectivity index (χ2v) is 5.14. The Labute approximate surface area is 132 Å². The third-order valence-corrected chi connectivity index (χ3v) is 3.15. The molecule has 2 rings (SSSR count). The molecule has 0 aliphatic carbocycles. The van der Waals surface area contributed by atoms with Crippen LogP contribution >= 0.6 is 11.6 Å². The first kappa shape index (κ1) is 16.0. The molecule has 2 aromatic rings. The second-order valence-electron chi connectivity index (χ2n) is 4.71. The molecule has 1 aromatic heterocycles. The fourth-order valence-corrected chi connectivity index (χ4v) is 1.93. The van der Waals surface area contributed by atoms with E-state index in [4.69, 9.17) is 22.1 Å². The first-order valence-electron chi connectivity index (χ1n) is 6.52. The Kier molecular flexibility index (Phi) is 4.82. The lowest BCUT2D eigenvalue weighted by molar-refractivity contribution is -0.114. The number of benzene rings is 1. The molecule has 1 heterocycles. The van der Waals surface area contributed by atoms with Crippen LogP contribution in [0.1, 0.15) is 25.5 Å². The largest absolute Gasteiger partial charge is 0.468 e. The summed E-state index contributed by atoms with van der Waals surface area (Å²) in [5.74, 6) is -1.23. The third kappa shape index (κ3) is 3.85. The Morgan fingerprint density at radius 3 is 2.64 bits per heavy atom. The van der Waals surface area contributed by atoms with E-state index in [0.29, 0.717) is 5.02 Å². The minimum absolute atomic E-state index is 0.0270. The Morgan fingerprint density at radius 1 is 1.41 bits per heavy atom. The van der Waals surface area contributed by atoms with Crippen LogP contribution in [0.5, 0.6) is 5.88 Å². The van der Waals surface area contributed by atoms with Gasteiger partial charge >= 0.3 is 0 Å². The van der Waals surface area contributed by atoms with Crippen LogP contribution in [-0.2, 0) is 4.79 Å². The van der Waals surface area contributed by atoms with Gasteiger partial charge in [-0.15, -0.1) is 0 Å². The van der Waals surface area contributed by atoms with Crippen molar-refractivity contribution in [2.45, 2.75) is 20.0 Å². The average Bonchev–Trinajstić information content (AvgIpc) is 2.44. The molecule has 0 aliphatic rings. The van der Waals surface area contributed by atoms with Crippen molar-refractivity contribution in [3.05, 3.63) is 46.7 Å². The number of carbonyl (C=O) groups is 1. The fraction of sp³-hybridized carbons (Fsp3) is 0.200. The van der Waals surface area contributed by atoms with Crippen molar-refractivity contribution < 1.29 is 13.9 Å². The summed E-state index contributed by atoms with van der Waals surface area (Å²) in [6, 6.07) is 8.04. The van der Waals surface area contributed by atoms with Crippen LogP contribution in [-0.4, -0.2) is 10.9 Å². The second kappa shape index (κ2) is 6.62. The molecule has 0 radical (unpaired) electrons. The molecule has 0 bridgehead atoms. The smallest absolute Gasteiger partial charge is 0.253 e. The molecule has 0 spiro atoms. The molecular weight excluding hydrogens is 309 g/mol. The number of ether oxygens (including phenoxy) is 1. The highest BCUT2D eigenvalue weighted by molar-refractivity contribution is 6.30. The van der Waals surface area contributed by atoms with Gasteiger partial charge in [-0.05, 0) is 24.6 Å². The molecule has 116 valence electrons. The van der Waals surface area contributed by atoms with Crippen molar-refractivity contribution >= 4 is 29.0 Å². The van der Waals surface area contributed by atoms with Crippen molar-refractivity contribution in [2.75, 3.05) is 11.1 Å². The summed E-state index contributed by atoms with van der Waals surface area (Å²) < 4.78 is 19.4. The number of nitrogens with one attached hydrogen (secondary N) is 1. The number of anilines is 2. The van der Waals surface area contributed by atoms with Crippen molar-refractivity contribution in [3.63, 3.8) is 0 Å². The summed E-state index contributed by atoms with van der Waals surface area (Å²) >= 11 is 5.82. The van der Waals surface area contributed by atoms with Gasteiger partial charge in [-0.1, -0.05) is 23.7 Å². The zero-order valence-corrected chi connectivity index (χ0v) is 12.8. The molecule has 0 fully saturated rings. The van der Waals surface area contributed by atoms with E-state index in [0.717, 1.165) is 11.6 Å². The van der Waals surface area contributed by atoms with Gasteiger partial charge in [0.1, 0.15) is 6.10 Å². The maximum atomic E-state index is 13.9. The zero-order valence-electron chi connectivity index (χ0n) is 12.1. The maximum Gasteiger partial charge on any atom is 0.253 e. The highest BCUT2D eigenvalue weighted by Gasteiger charge is 2.16. The number of aromatic nitrogens is 1. The van der Waals surface area contributed by atoms with E-state index in [1.807, 2.05) is 0 Å². The van der Waals surface area contributed by atoms with Gasteiger partial charge in [-0.25, -0.2) is 4.39 Å². The Hall–Kier alpha value is -2.34. The molecule has 1 amide bonds. The number of nitrogen functional groups attached to an aromatic ring is 1. The third-order valence-electron chi connectivity index (χ3n) is 2.90. The van der Waals surface area contributed by atoms with Gasteiger partial charge in [0, 0.05) is 18.0 Å². The lowest BCUT2D eigenvalue weighted by atomic mass is 10.1. The number of amides is 1. The number of nitrogens with zero attached hydrogens (tertiary/aromatic N) is 1. The molecule has 7 heteroatoms. The topological polar surface area (TPSA) is 77.2 Å². The number of halogens is 2. The van der Waals surface area contributed by atoms with Crippen LogP contribution < -0.4 is 15.8 Å². The summed E-state index contributed by atoms with van der Waals surface area (Å²) in [6.45, 7) is 3.06. The van der Waals surface area contributed by atoms with Gasteiger partial charge in [-0.2, -0.15) is 4.98 Å². The standard InChI is InChI=1S/C15H15ClFN3O2/c1-8(10-3-5-11(16)6-4-10)22-15-12(17)7-13(18)14(20-15)19-9(2)21/h3-8H,18H2,1-2H3,(H,19,20,21). The highest BCUT2D eigenvalue weighted by atomic mass is 35.5. The van der Waals surface area contributed by atoms with E-state index in [1.54, 1.807) is 31.2 Å². The van der Waals surface area contributed by atoms with E-state index in [9.17, 15) is 9.18 Å². The van der Waals surface area contributed by atoms with Gasteiger partial charge in [0.2, 0.25) is 5.91 Å². The average molecular weight is 324 g/mol. The van der Waals surface area contributed by atoms with E-state index in [1.165, 1.54) is 6.92 Å². The summed E-state index contributed by atoms with van der Waals surface area (Å²) in [5, 5.41) is 3.02. The Balaban J connectivity index is 2.24. The Bertz CT molecular complexity index is 692. The number of carbonyl (C=O) groups excluding carboxylic acids is 1. The van der Waals surface area contributed by atoms with Gasteiger partial charge in [-0.3, -0.25) is 4.79 Å². The van der Waals surface area contributed by atoms with Crippen LogP contribution in [0.2, 0.25) is 5.02 Å². The van der Waals surface area contributed by atoms with Crippen LogP contribution in [0.4, 0.5) is 15.9 Å². The molecule has 1 unspecified atom stereocenters. The number of hydrogen-bond acceptors (Lipinski definition) is 4. The maximum absolute atomic E-state index is 13.9. The molecule has 5 nitrogen and oxygen atoms in total. The van der Waals surface area contributed by atoms with Crippen LogP contribution in [0, 0.1) is 5.82 Å². The van der Waals surface area contributed by atoms with Crippen molar-refractivity contribution in [1.29, 1.82) is 0 Å². The minimum atomic E-state index is -0.701. The summed E-state index contributed by atoms with van der Waals surface area (Å²) in [5.41, 5.74) is 6.45. The quantitative estimate of drug-likeness (QED) is 0.902. The first-order chi connectivity index (χ1) is 10.4. The highest BCUT2D eigenvalue weighted by Crippen LogP contribution is 2.28. The predicted molar refractivity (Wildman–Crippen MR) is 83.4 cm³/mol. The summed E-state index contributed by atoms with van der Waals surface area (Å²) in [7, 11) is 0.